The standard InChI is InChI=1S/C16H15N3O4S/c1-19(2)24(21,22)13-6-3-11(4-7-13)16(20)23-12-5-8-14-15(9-12)18-10-17-14/h3-10H,1-2H3,(H,17,18). The molecule has 8 heteroatoms. The predicted octanol–water partition coefficient (Wildman–Crippen LogP) is 2.03. The lowest BCUT2D eigenvalue weighted by Crippen LogP contribution is -2.22. The molecule has 1 heterocycles. The smallest absolute Gasteiger partial charge is 0.343 e. The zero-order chi connectivity index (χ0) is 17.3. The fourth-order valence-corrected chi connectivity index (χ4v) is 3.02. The van der Waals surface area contributed by atoms with Crippen molar-refractivity contribution in [2.24, 2.45) is 0 Å². The first-order chi connectivity index (χ1) is 11.4. The average Bonchev–Trinajstić information content (AvgIpc) is 3.02. The van der Waals surface area contributed by atoms with Gasteiger partial charge in [-0.15, -0.1) is 0 Å². The Bertz CT molecular complexity index is 992. The number of sulfonamides is 1. The largest absolute Gasteiger partial charge is 0.423 e. The number of rotatable bonds is 4. The van der Waals surface area contributed by atoms with Crippen molar-refractivity contribution < 1.29 is 17.9 Å². The van der Waals surface area contributed by atoms with E-state index in [1.807, 2.05) is 0 Å². The summed E-state index contributed by atoms with van der Waals surface area (Å²) in [7, 11) is -0.631. The summed E-state index contributed by atoms with van der Waals surface area (Å²) >= 11 is 0. The van der Waals surface area contributed by atoms with E-state index in [2.05, 4.69) is 9.97 Å². The SMILES string of the molecule is CN(C)S(=O)(=O)c1ccc(C(=O)Oc2ccc3nc[nH]c3c2)cc1. The van der Waals surface area contributed by atoms with Gasteiger partial charge in [-0.25, -0.2) is 22.5 Å². The average molecular weight is 345 g/mol. The lowest BCUT2D eigenvalue weighted by molar-refractivity contribution is 0.0735. The maximum Gasteiger partial charge on any atom is 0.343 e. The van der Waals surface area contributed by atoms with E-state index in [1.165, 1.54) is 38.4 Å². The number of carbonyl (C=O) groups is 1. The van der Waals surface area contributed by atoms with Crippen LogP contribution in [-0.4, -0.2) is 42.8 Å². The third-order valence-corrected chi connectivity index (χ3v) is 5.30. The fraction of sp³-hybridized carbons (Fsp3) is 0.125. The van der Waals surface area contributed by atoms with Crippen molar-refractivity contribution in [1.82, 2.24) is 14.3 Å². The number of ether oxygens (including phenoxy) is 1. The van der Waals surface area contributed by atoms with Crippen molar-refractivity contribution in [3.05, 3.63) is 54.4 Å². The number of aromatic nitrogens is 2. The summed E-state index contributed by atoms with van der Waals surface area (Å²) in [6.45, 7) is 0. The van der Waals surface area contributed by atoms with Gasteiger partial charge in [-0.05, 0) is 36.4 Å². The number of nitrogens with zero attached hydrogens (tertiary/aromatic N) is 2. The number of hydrogen-bond donors (Lipinski definition) is 1. The molecule has 7 nitrogen and oxygen atoms in total. The molecular weight excluding hydrogens is 330 g/mol. The molecule has 1 aromatic heterocycles. The summed E-state index contributed by atoms with van der Waals surface area (Å²) in [6, 6.07) is 10.7. The molecule has 0 aliphatic carbocycles. The van der Waals surface area contributed by atoms with Crippen molar-refractivity contribution >= 4 is 27.0 Å². The molecule has 0 amide bonds. The van der Waals surface area contributed by atoms with Crippen LogP contribution in [0, 0.1) is 0 Å². The van der Waals surface area contributed by atoms with Gasteiger partial charge in [0.05, 0.1) is 27.8 Å². The molecule has 0 spiro atoms. The van der Waals surface area contributed by atoms with Gasteiger partial charge >= 0.3 is 5.97 Å². The monoisotopic (exact) mass is 345 g/mol. The predicted molar refractivity (Wildman–Crippen MR) is 88.4 cm³/mol. The third-order valence-electron chi connectivity index (χ3n) is 3.47. The molecule has 0 saturated heterocycles. The Morgan fingerprint density at radius 1 is 1.12 bits per heavy atom. The maximum atomic E-state index is 12.2. The van der Waals surface area contributed by atoms with Crippen LogP contribution in [-0.2, 0) is 10.0 Å². The highest BCUT2D eigenvalue weighted by atomic mass is 32.2. The van der Waals surface area contributed by atoms with Gasteiger partial charge in [0.25, 0.3) is 0 Å². The van der Waals surface area contributed by atoms with Gasteiger partial charge < -0.3 is 9.72 Å². The first kappa shape index (κ1) is 16.2. The van der Waals surface area contributed by atoms with Crippen molar-refractivity contribution in [3.63, 3.8) is 0 Å². The van der Waals surface area contributed by atoms with Crippen LogP contribution in [0.15, 0.2) is 53.7 Å². The highest BCUT2D eigenvalue weighted by Gasteiger charge is 2.18. The van der Waals surface area contributed by atoms with Crippen LogP contribution in [0.4, 0.5) is 0 Å². The van der Waals surface area contributed by atoms with Gasteiger partial charge in [0, 0.05) is 20.2 Å². The minimum Gasteiger partial charge on any atom is -0.423 e. The van der Waals surface area contributed by atoms with Gasteiger partial charge in [0.1, 0.15) is 5.75 Å². The number of imidazole rings is 1. The molecule has 0 fully saturated rings. The number of carbonyl (C=O) groups excluding carboxylic acids is 1. The number of aromatic amines is 1. The summed E-state index contributed by atoms with van der Waals surface area (Å²) in [5.74, 6) is -0.190. The third kappa shape index (κ3) is 3.01. The molecule has 0 aliphatic heterocycles. The van der Waals surface area contributed by atoms with Crippen molar-refractivity contribution in [2.45, 2.75) is 4.90 Å². The van der Waals surface area contributed by atoms with Gasteiger partial charge in [-0.3, -0.25) is 0 Å². The van der Waals surface area contributed by atoms with E-state index >= 15 is 0 Å². The van der Waals surface area contributed by atoms with Gasteiger partial charge in [0.2, 0.25) is 10.0 Å². The van der Waals surface area contributed by atoms with Crippen LogP contribution in [0.3, 0.4) is 0 Å². The van der Waals surface area contributed by atoms with Crippen LogP contribution >= 0.6 is 0 Å². The lowest BCUT2D eigenvalue weighted by Gasteiger charge is -2.11. The second-order valence-corrected chi connectivity index (χ2v) is 7.43. The van der Waals surface area contributed by atoms with Crippen LogP contribution in [0.25, 0.3) is 11.0 Å². The first-order valence-electron chi connectivity index (χ1n) is 7.06. The number of benzene rings is 2. The second-order valence-electron chi connectivity index (χ2n) is 5.28. The Balaban J connectivity index is 1.80. The maximum absolute atomic E-state index is 12.2. The Labute approximate surface area is 138 Å². The Hall–Kier alpha value is -2.71. The number of hydrogen-bond acceptors (Lipinski definition) is 5. The van der Waals surface area contributed by atoms with Crippen LogP contribution in [0.5, 0.6) is 5.75 Å². The molecule has 0 unspecified atom stereocenters. The molecular formula is C16H15N3O4S. The molecule has 0 bridgehead atoms. The quantitative estimate of drug-likeness (QED) is 0.577. The minimum absolute atomic E-state index is 0.114. The zero-order valence-electron chi connectivity index (χ0n) is 13.1. The molecule has 124 valence electrons. The van der Waals surface area contributed by atoms with E-state index in [0.717, 1.165) is 15.3 Å². The van der Waals surface area contributed by atoms with Gasteiger partial charge in [0.15, 0.2) is 0 Å². The van der Waals surface area contributed by atoms with Gasteiger partial charge in [-0.1, -0.05) is 0 Å². The zero-order valence-corrected chi connectivity index (χ0v) is 13.9. The molecule has 24 heavy (non-hydrogen) atoms. The highest BCUT2D eigenvalue weighted by Crippen LogP contribution is 2.20. The van der Waals surface area contributed by atoms with Crippen LogP contribution < -0.4 is 4.74 Å². The summed E-state index contributed by atoms with van der Waals surface area (Å²) in [5.41, 5.74) is 1.79. The van der Waals surface area contributed by atoms with Crippen molar-refractivity contribution in [3.8, 4) is 5.75 Å². The summed E-state index contributed by atoms with van der Waals surface area (Å²) in [5, 5.41) is 0. The molecule has 0 radical (unpaired) electrons. The minimum atomic E-state index is -3.53. The van der Waals surface area contributed by atoms with Crippen molar-refractivity contribution in [2.75, 3.05) is 14.1 Å². The van der Waals surface area contributed by atoms with Crippen LogP contribution in [0.1, 0.15) is 10.4 Å². The molecule has 1 N–H and O–H groups in total. The topological polar surface area (TPSA) is 92.4 Å². The van der Waals surface area contributed by atoms with E-state index in [4.69, 9.17) is 4.74 Å². The summed E-state index contributed by atoms with van der Waals surface area (Å²) in [6.07, 6.45) is 1.56. The Kier molecular flexibility index (Phi) is 4.08. The summed E-state index contributed by atoms with van der Waals surface area (Å²) in [4.78, 5) is 19.3. The molecule has 3 aromatic rings. The van der Waals surface area contributed by atoms with E-state index in [-0.39, 0.29) is 10.5 Å². The first-order valence-corrected chi connectivity index (χ1v) is 8.50. The highest BCUT2D eigenvalue weighted by molar-refractivity contribution is 7.89. The Morgan fingerprint density at radius 2 is 1.83 bits per heavy atom. The number of H-pyrrole nitrogens is 1. The Morgan fingerprint density at radius 3 is 2.50 bits per heavy atom. The normalized spacial score (nSPS) is 11.8. The van der Waals surface area contributed by atoms with E-state index < -0.39 is 16.0 Å². The van der Waals surface area contributed by atoms with Crippen molar-refractivity contribution in [1.29, 1.82) is 0 Å². The summed E-state index contributed by atoms with van der Waals surface area (Å²) < 4.78 is 30.4. The molecule has 0 aliphatic rings. The number of nitrogens with one attached hydrogen (secondary N) is 1. The van der Waals surface area contributed by atoms with Crippen LogP contribution in [0.2, 0.25) is 0 Å². The molecule has 0 saturated carbocycles. The lowest BCUT2D eigenvalue weighted by atomic mass is 10.2. The molecule has 3 rings (SSSR count). The van der Waals surface area contributed by atoms with E-state index in [1.54, 1.807) is 24.5 Å². The second kappa shape index (κ2) is 6.06. The van der Waals surface area contributed by atoms with E-state index in [0.29, 0.717) is 5.75 Å². The number of fused-ring (bicyclic) bond motifs is 1. The fourth-order valence-electron chi connectivity index (χ4n) is 2.12. The molecule has 0 atom stereocenters. The van der Waals surface area contributed by atoms with Gasteiger partial charge in [-0.2, -0.15) is 0 Å². The number of esters is 1. The molecule has 2 aromatic carbocycles. The van der Waals surface area contributed by atoms with E-state index in [9.17, 15) is 13.2 Å².